The number of carbonyl (C=O) groups excluding carboxylic acids is 1. The number of halogens is 3. The maximum atomic E-state index is 12.8. The molecule has 5 nitrogen and oxygen atoms in total. The molecule has 0 radical (unpaired) electrons. The molecule has 0 aliphatic rings. The second-order valence-corrected chi connectivity index (χ2v) is 6.20. The number of benzene rings is 2. The van der Waals surface area contributed by atoms with Gasteiger partial charge in [0, 0.05) is 17.1 Å². The van der Waals surface area contributed by atoms with Crippen LogP contribution in [0.2, 0.25) is 0 Å². The summed E-state index contributed by atoms with van der Waals surface area (Å²) in [5.74, 6) is -0.0488. The monoisotopic (exact) mass is 394 g/mol. The van der Waals surface area contributed by atoms with Crippen molar-refractivity contribution in [1.29, 1.82) is 0 Å². The zero-order valence-corrected chi connectivity index (χ0v) is 14.8. The fourth-order valence-electron chi connectivity index (χ4n) is 2.87. The number of fused-ring (bicyclic) bond motifs is 1. The number of nitrogens with one attached hydrogen (secondary N) is 1. The molecule has 0 aliphatic carbocycles. The third-order valence-electron chi connectivity index (χ3n) is 4.30. The van der Waals surface area contributed by atoms with Crippen LogP contribution in [-0.4, -0.2) is 20.9 Å². The number of alkyl halides is 3. The van der Waals surface area contributed by atoms with E-state index >= 15 is 0 Å². The van der Waals surface area contributed by atoms with Gasteiger partial charge in [0.05, 0.1) is 22.3 Å². The largest absolute Gasteiger partial charge is 0.416 e. The van der Waals surface area contributed by atoms with Crippen LogP contribution >= 0.6 is 0 Å². The van der Waals surface area contributed by atoms with Gasteiger partial charge in [-0.25, -0.2) is 15.0 Å². The molecule has 1 amide bonds. The Bertz CT molecular complexity index is 1180. The van der Waals surface area contributed by atoms with Crippen LogP contribution in [0, 0.1) is 0 Å². The van der Waals surface area contributed by atoms with Gasteiger partial charge < -0.3 is 5.32 Å². The van der Waals surface area contributed by atoms with E-state index in [0.29, 0.717) is 28.2 Å². The standard InChI is InChI=1S/C21H13F3N4O/c22-21(23,24)15-7-4-13(5-8-15)17-9-6-14-2-1-3-16(19(14)27-17)20(29)28-18-10-11-25-12-26-18/h1-12H,(H,25,26,28,29). The lowest BCUT2D eigenvalue weighted by atomic mass is 10.0. The van der Waals surface area contributed by atoms with Gasteiger partial charge >= 0.3 is 6.18 Å². The number of aromatic nitrogens is 3. The number of hydrogen-bond acceptors (Lipinski definition) is 4. The summed E-state index contributed by atoms with van der Waals surface area (Å²) in [6.45, 7) is 0. The molecular weight excluding hydrogens is 381 g/mol. The highest BCUT2D eigenvalue weighted by Gasteiger charge is 2.30. The molecule has 4 aromatic rings. The molecule has 0 fully saturated rings. The van der Waals surface area contributed by atoms with Crippen LogP contribution in [0.25, 0.3) is 22.2 Å². The molecule has 0 atom stereocenters. The minimum absolute atomic E-state index is 0.329. The van der Waals surface area contributed by atoms with E-state index in [4.69, 9.17) is 0 Å². The average Bonchev–Trinajstić information content (AvgIpc) is 2.73. The van der Waals surface area contributed by atoms with Crippen LogP contribution in [0.1, 0.15) is 15.9 Å². The van der Waals surface area contributed by atoms with Crippen LogP contribution in [0.4, 0.5) is 19.0 Å². The molecule has 4 rings (SSSR count). The Hall–Kier alpha value is -3.81. The number of pyridine rings is 1. The van der Waals surface area contributed by atoms with Crippen molar-refractivity contribution >= 4 is 22.6 Å². The fraction of sp³-hybridized carbons (Fsp3) is 0.0476. The summed E-state index contributed by atoms with van der Waals surface area (Å²) >= 11 is 0. The molecule has 8 heteroatoms. The van der Waals surface area contributed by atoms with Crippen LogP contribution in [0.15, 0.2) is 73.2 Å². The van der Waals surface area contributed by atoms with Crippen molar-refractivity contribution < 1.29 is 18.0 Å². The average molecular weight is 394 g/mol. The summed E-state index contributed by atoms with van der Waals surface area (Å²) in [5.41, 5.74) is 1.03. The third-order valence-corrected chi connectivity index (χ3v) is 4.30. The van der Waals surface area contributed by atoms with Gasteiger partial charge in [-0.2, -0.15) is 13.2 Å². The van der Waals surface area contributed by atoms with E-state index in [1.54, 1.807) is 36.4 Å². The highest BCUT2D eigenvalue weighted by molar-refractivity contribution is 6.11. The van der Waals surface area contributed by atoms with Gasteiger partial charge in [-0.1, -0.05) is 30.3 Å². The van der Waals surface area contributed by atoms with Crippen molar-refractivity contribution in [2.24, 2.45) is 0 Å². The lowest BCUT2D eigenvalue weighted by Crippen LogP contribution is -2.13. The third kappa shape index (κ3) is 3.91. The molecule has 2 aromatic carbocycles. The van der Waals surface area contributed by atoms with Gasteiger partial charge in [0.15, 0.2) is 0 Å². The molecule has 2 aromatic heterocycles. The van der Waals surface area contributed by atoms with Gasteiger partial charge in [-0.05, 0) is 30.3 Å². The van der Waals surface area contributed by atoms with E-state index in [2.05, 4.69) is 20.3 Å². The van der Waals surface area contributed by atoms with Crippen LogP contribution in [0.3, 0.4) is 0 Å². The Morgan fingerprint density at radius 2 is 1.72 bits per heavy atom. The summed E-state index contributed by atoms with van der Waals surface area (Å²) in [6.07, 6.45) is -1.58. The number of anilines is 1. The first-order valence-electron chi connectivity index (χ1n) is 8.56. The molecule has 29 heavy (non-hydrogen) atoms. The van der Waals surface area contributed by atoms with Gasteiger partial charge in [-0.15, -0.1) is 0 Å². The highest BCUT2D eigenvalue weighted by atomic mass is 19.4. The number of carbonyl (C=O) groups is 1. The Labute approximate surface area is 163 Å². The van der Waals surface area contributed by atoms with E-state index in [9.17, 15) is 18.0 Å². The van der Waals surface area contributed by atoms with Crippen molar-refractivity contribution in [1.82, 2.24) is 15.0 Å². The molecule has 0 bridgehead atoms. The van der Waals surface area contributed by atoms with Gasteiger partial charge in [-0.3, -0.25) is 4.79 Å². The SMILES string of the molecule is O=C(Nc1ccncn1)c1cccc2ccc(-c3ccc(C(F)(F)F)cc3)nc12. The highest BCUT2D eigenvalue weighted by Crippen LogP contribution is 2.31. The second-order valence-electron chi connectivity index (χ2n) is 6.20. The van der Waals surface area contributed by atoms with E-state index in [0.717, 1.165) is 17.5 Å². The number of hydrogen-bond donors (Lipinski definition) is 1. The first-order chi connectivity index (χ1) is 13.9. The quantitative estimate of drug-likeness (QED) is 0.533. The molecule has 144 valence electrons. The fourth-order valence-corrected chi connectivity index (χ4v) is 2.87. The Kier molecular flexibility index (Phi) is 4.67. The number of amides is 1. The lowest BCUT2D eigenvalue weighted by molar-refractivity contribution is -0.137. The molecule has 0 spiro atoms. The Morgan fingerprint density at radius 3 is 2.41 bits per heavy atom. The molecule has 0 saturated carbocycles. The van der Waals surface area contributed by atoms with E-state index < -0.39 is 17.6 Å². The van der Waals surface area contributed by atoms with Crippen LogP contribution < -0.4 is 5.32 Å². The van der Waals surface area contributed by atoms with Gasteiger partial charge in [0.25, 0.3) is 5.91 Å². The molecule has 1 N–H and O–H groups in total. The van der Waals surface area contributed by atoms with Gasteiger partial charge in [0.2, 0.25) is 0 Å². The second kappa shape index (κ2) is 7.31. The minimum atomic E-state index is -4.40. The van der Waals surface area contributed by atoms with Crippen molar-refractivity contribution in [3.05, 3.63) is 84.3 Å². The molecule has 0 unspecified atom stereocenters. The zero-order valence-electron chi connectivity index (χ0n) is 14.8. The number of rotatable bonds is 3. The first-order valence-corrected chi connectivity index (χ1v) is 8.56. The minimum Gasteiger partial charge on any atom is -0.306 e. The number of nitrogens with zero attached hydrogens (tertiary/aromatic N) is 3. The summed E-state index contributed by atoms with van der Waals surface area (Å²) in [5, 5.41) is 3.41. The summed E-state index contributed by atoms with van der Waals surface area (Å²) < 4.78 is 38.3. The predicted molar refractivity (Wildman–Crippen MR) is 102 cm³/mol. The lowest BCUT2D eigenvalue weighted by Gasteiger charge is -2.10. The van der Waals surface area contributed by atoms with Crippen molar-refractivity contribution in [2.75, 3.05) is 5.32 Å². The maximum Gasteiger partial charge on any atom is 0.416 e. The summed E-state index contributed by atoms with van der Waals surface area (Å²) in [7, 11) is 0. The summed E-state index contributed by atoms with van der Waals surface area (Å²) in [4.78, 5) is 25.0. The first kappa shape index (κ1) is 18.5. The Morgan fingerprint density at radius 1 is 0.931 bits per heavy atom. The maximum absolute atomic E-state index is 12.8. The van der Waals surface area contributed by atoms with Crippen molar-refractivity contribution in [3.8, 4) is 11.3 Å². The molecular formula is C21H13F3N4O. The molecule has 0 saturated heterocycles. The summed E-state index contributed by atoms with van der Waals surface area (Å²) in [6, 6.07) is 14.9. The smallest absolute Gasteiger partial charge is 0.306 e. The van der Waals surface area contributed by atoms with E-state index in [1.807, 2.05) is 0 Å². The zero-order chi connectivity index (χ0) is 20.4. The molecule has 2 heterocycles. The van der Waals surface area contributed by atoms with E-state index in [-0.39, 0.29) is 0 Å². The Balaban J connectivity index is 1.72. The van der Waals surface area contributed by atoms with Gasteiger partial charge in [0.1, 0.15) is 12.1 Å². The number of para-hydroxylation sites is 1. The van der Waals surface area contributed by atoms with Crippen LogP contribution in [0.5, 0.6) is 0 Å². The predicted octanol–water partition coefficient (Wildman–Crippen LogP) is 4.96. The van der Waals surface area contributed by atoms with Crippen LogP contribution in [-0.2, 0) is 6.18 Å². The van der Waals surface area contributed by atoms with Crippen molar-refractivity contribution in [3.63, 3.8) is 0 Å². The molecule has 0 aliphatic heterocycles. The van der Waals surface area contributed by atoms with E-state index in [1.165, 1.54) is 24.7 Å². The topological polar surface area (TPSA) is 67.8 Å². The normalized spacial score (nSPS) is 11.4. The van der Waals surface area contributed by atoms with Crippen molar-refractivity contribution in [2.45, 2.75) is 6.18 Å².